The summed E-state index contributed by atoms with van der Waals surface area (Å²) in [7, 11) is 0. The van der Waals surface area contributed by atoms with Crippen molar-refractivity contribution in [3.8, 4) is 0 Å². The Kier molecular flexibility index (Phi) is 3.40. The molecule has 1 aliphatic rings. The predicted molar refractivity (Wildman–Crippen MR) is 69.1 cm³/mol. The van der Waals surface area contributed by atoms with Gasteiger partial charge in [0, 0.05) is 15.5 Å². The van der Waals surface area contributed by atoms with Crippen LogP contribution >= 0.6 is 27.5 Å². The van der Waals surface area contributed by atoms with Crippen molar-refractivity contribution in [2.75, 3.05) is 5.32 Å². The summed E-state index contributed by atoms with van der Waals surface area (Å²) in [5.41, 5.74) is 1.66. The Morgan fingerprint density at radius 3 is 2.81 bits per heavy atom. The standard InChI is InChI=1S/C11H12BrClN2O/c1-6-4-8(12)10(5-9(6)13)15-11(16)14-7-2-3-7/h4-5,7H,2-3H2,1H3,(H2,14,15,16). The molecule has 0 saturated heterocycles. The Morgan fingerprint density at radius 1 is 1.50 bits per heavy atom. The maximum absolute atomic E-state index is 11.5. The molecular formula is C11H12BrClN2O. The molecule has 2 N–H and O–H groups in total. The number of nitrogens with one attached hydrogen (secondary N) is 2. The number of anilines is 1. The largest absolute Gasteiger partial charge is 0.335 e. The number of benzene rings is 1. The first-order valence-corrected chi connectivity index (χ1v) is 6.26. The molecule has 1 aromatic rings. The summed E-state index contributed by atoms with van der Waals surface area (Å²) in [6.45, 7) is 1.92. The van der Waals surface area contributed by atoms with Crippen LogP contribution in [0.4, 0.5) is 10.5 Å². The summed E-state index contributed by atoms with van der Waals surface area (Å²) in [6.07, 6.45) is 2.15. The molecule has 0 spiro atoms. The molecule has 1 aromatic carbocycles. The fourth-order valence-electron chi connectivity index (χ4n) is 1.31. The molecule has 5 heteroatoms. The van der Waals surface area contributed by atoms with E-state index in [1.165, 1.54) is 0 Å². The van der Waals surface area contributed by atoms with Gasteiger partial charge in [0.15, 0.2) is 0 Å². The molecule has 0 aliphatic heterocycles. The van der Waals surface area contributed by atoms with Crippen LogP contribution in [0.2, 0.25) is 5.02 Å². The minimum Gasteiger partial charge on any atom is -0.335 e. The second-order valence-electron chi connectivity index (χ2n) is 3.95. The molecule has 3 nitrogen and oxygen atoms in total. The van der Waals surface area contributed by atoms with E-state index >= 15 is 0 Å². The van der Waals surface area contributed by atoms with E-state index in [0.29, 0.717) is 16.8 Å². The van der Waals surface area contributed by atoms with Gasteiger partial charge in [0.1, 0.15) is 0 Å². The highest BCUT2D eigenvalue weighted by Gasteiger charge is 2.23. The number of carbonyl (C=O) groups excluding carboxylic acids is 1. The fourth-order valence-corrected chi connectivity index (χ4v) is 2.03. The van der Waals surface area contributed by atoms with Crippen LogP contribution in [0.5, 0.6) is 0 Å². The van der Waals surface area contributed by atoms with Gasteiger partial charge in [0.25, 0.3) is 0 Å². The van der Waals surface area contributed by atoms with Gasteiger partial charge in [0.2, 0.25) is 0 Å². The zero-order valence-electron chi connectivity index (χ0n) is 8.81. The second kappa shape index (κ2) is 4.63. The maximum Gasteiger partial charge on any atom is 0.319 e. The summed E-state index contributed by atoms with van der Waals surface area (Å²) in [5, 5.41) is 6.26. The summed E-state index contributed by atoms with van der Waals surface area (Å²) in [5.74, 6) is 0. The Morgan fingerprint density at radius 2 is 2.19 bits per heavy atom. The van der Waals surface area contributed by atoms with Gasteiger partial charge >= 0.3 is 6.03 Å². The molecule has 0 radical (unpaired) electrons. The smallest absolute Gasteiger partial charge is 0.319 e. The average molecular weight is 304 g/mol. The Labute approximate surface area is 108 Å². The van der Waals surface area contributed by atoms with Crippen molar-refractivity contribution in [3.63, 3.8) is 0 Å². The molecule has 2 rings (SSSR count). The van der Waals surface area contributed by atoms with Crippen molar-refractivity contribution in [1.29, 1.82) is 0 Å². The SMILES string of the molecule is Cc1cc(Br)c(NC(=O)NC2CC2)cc1Cl. The maximum atomic E-state index is 11.5. The van der Waals surface area contributed by atoms with Crippen LogP contribution in [0.1, 0.15) is 18.4 Å². The van der Waals surface area contributed by atoms with Crippen LogP contribution in [-0.4, -0.2) is 12.1 Å². The molecule has 16 heavy (non-hydrogen) atoms. The topological polar surface area (TPSA) is 41.1 Å². The molecule has 1 aliphatic carbocycles. The van der Waals surface area contributed by atoms with E-state index in [1.807, 2.05) is 13.0 Å². The highest BCUT2D eigenvalue weighted by atomic mass is 79.9. The van der Waals surface area contributed by atoms with Crippen LogP contribution in [0.15, 0.2) is 16.6 Å². The number of halogens is 2. The van der Waals surface area contributed by atoms with Gasteiger partial charge in [-0.25, -0.2) is 4.79 Å². The number of aryl methyl sites for hydroxylation is 1. The highest BCUT2D eigenvalue weighted by molar-refractivity contribution is 9.10. The van der Waals surface area contributed by atoms with E-state index in [9.17, 15) is 4.79 Å². The van der Waals surface area contributed by atoms with E-state index in [1.54, 1.807) is 6.07 Å². The fraction of sp³-hybridized carbons (Fsp3) is 0.364. The van der Waals surface area contributed by atoms with Crippen molar-refractivity contribution in [3.05, 3.63) is 27.2 Å². The number of rotatable bonds is 2. The third kappa shape index (κ3) is 2.89. The molecule has 0 bridgehead atoms. The zero-order valence-corrected chi connectivity index (χ0v) is 11.2. The zero-order chi connectivity index (χ0) is 11.7. The molecule has 0 unspecified atom stereocenters. The molecule has 2 amide bonds. The number of carbonyl (C=O) groups is 1. The lowest BCUT2D eigenvalue weighted by molar-refractivity contribution is 0.251. The van der Waals surface area contributed by atoms with Crippen molar-refractivity contribution in [2.24, 2.45) is 0 Å². The molecule has 86 valence electrons. The minimum atomic E-state index is -0.178. The van der Waals surface area contributed by atoms with E-state index in [2.05, 4.69) is 26.6 Å². The molecule has 0 aromatic heterocycles. The van der Waals surface area contributed by atoms with Crippen LogP contribution in [0.25, 0.3) is 0 Å². The molecule has 1 fully saturated rings. The minimum absolute atomic E-state index is 0.178. The third-order valence-corrected chi connectivity index (χ3v) is 3.47. The number of hydrogen-bond acceptors (Lipinski definition) is 1. The van der Waals surface area contributed by atoms with Gasteiger partial charge in [-0.3, -0.25) is 0 Å². The van der Waals surface area contributed by atoms with Crippen LogP contribution in [0.3, 0.4) is 0 Å². The lowest BCUT2D eigenvalue weighted by atomic mass is 10.2. The van der Waals surface area contributed by atoms with Crippen molar-refractivity contribution in [1.82, 2.24) is 5.32 Å². The first-order valence-electron chi connectivity index (χ1n) is 5.09. The van der Waals surface area contributed by atoms with Gasteiger partial charge in [-0.05, 0) is 53.4 Å². The Bertz CT molecular complexity index is 432. The van der Waals surface area contributed by atoms with Crippen LogP contribution in [0, 0.1) is 6.92 Å². The van der Waals surface area contributed by atoms with Gasteiger partial charge in [-0.2, -0.15) is 0 Å². The summed E-state index contributed by atoms with van der Waals surface area (Å²) >= 11 is 9.39. The monoisotopic (exact) mass is 302 g/mol. The van der Waals surface area contributed by atoms with Gasteiger partial charge in [0.05, 0.1) is 5.69 Å². The van der Waals surface area contributed by atoms with Crippen LogP contribution < -0.4 is 10.6 Å². The lowest BCUT2D eigenvalue weighted by Gasteiger charge is -2.10. The third-order valence-electron chi connectivity index (χ3n) is 2.41. The first-order chi connectivity index (χ1) is 7.56. The normalized spacial score (nSPS) is 14.7. The van der Waals surface area contributed by atoms with Crippen molar-refractivity contribution < 1.29 is 4.79 Å². The molecule has 0 atom stereocenters. The van der Waals surface area contributed by atoms with Crippen molar-refractivity contribution in [2.45, 2.75) is 25.8 Å². The number of hydrogen-bond donors (Lipinski definition) is 2. The second-order valence-corrected chi connectivity index (χ2v) is 5.22. The van der Waals surface area contributed by atoms with E-state index in [-0.39, 0.29) is 6.03 Å². The molecular weight excluding hydrogens is 291 g/mol. The summed E-state index contributed by atoms with van der Waals surface area (Å²) < 4.78 is 0.834. The Hall–Kier alpha value is -0.740. The quantitative estimate of drug-likeness (QED) is 0.859. The van der Waals surface area contributed by atoms with Gasteiger partial charge < -0.3 is 10.6 Å². The van der Waals surface area contributed by atoms with E-state index < -0.39 is 0 Å². The first kappa shape index (κ1) is 11.7. The molecule has 0 heterocycles. The highest BCUT2D eigenvalue weighted by Crippen LogP contribution is 2.29. The number of urea groups is 1. The van der Waals surface area contributed by atoms with E-state index in [4.69, 9.17) is 11.6 Å². The van der Waals surface area contributed by atoms with Crippen LogP contribution in [-0.2, 0) is 0 Å². The average Bonchev–Trinajstić information content (AvgIpc) is 2.98. The van der Waals surface area contributed by atoms with E-state index in [0.717, 1.165) is 22.9 Å². The lowest BCUT2D eigenvalue weighted by Crippen LogP contribution is -2.30. The Balaban J connectivity index is 2.07. The molecule has 1 saturated carbocycles. The van der Waals surface area contributed by atoms with Gasteiger partial charge in [-0.1, -0.05) is 11.6 Å². The summed E-state index contributed by atoms with van der Waals surface area (Å²) in [4.78, 5) is 11.5. The van der Waals surface area contributed by atoms with Crippen molar-refractivity contribution >= 4 is 39.2 Å². The number of amides is 2. The summed E-state index contributed by atoms with van der Waals surface area (Å²) in [6, 6.07) is 3.80. The predicted octanol–water partition coefficient (Wildman–Crippen LogP) is 3.69. The van der Waals surface area contributed by atoms with Gasteiger partial charge in [-0.15, -0.1) is 0 Å².